The number of nitrogens with one attached hydrogen (secondary N) is 3. The van der Waals surface area contributed by atoms with Crippen LogP contribution in [0.3, 0.4) is 0 Å². The molecule has 1 unspecified atom stereocenters. The van der Waals surface area contributed by atoms with Crippen molar-refractivity contribution in [3.63, 3.8) is 0 Å². The van der Waals surface area contributed by atoms with Crippen LogP contribution in [-0.2, 0) is 0 Å². The largest absolute Gasteiger partial charge is 0.338 e. The van der Waals surface area contributed by atoms with E-state index in [0.29, 0.717) is 17.2 Å². The molecule has 3 N–H and O–H groups in total. The van der Waals surface area contributed by atoms with E-state index in [4.69, 9.17) is 0 Å². The van der Waals surface area contributed by atoms with Gasteiger partial charge in [0.05, 0.1) is 0 Å². The van der Waals surface area contributed by atoms with Crippen LogP contribution in [0.1, 0.15) is 16.8 Å². The molecule has 1 fully saturated rings. The van der Waals surface area contributed by atoms with E-state index in [2.05, 4.69) is 16.0 Å². The predicted octanol–water partition coefficient (Wildman–Crippen LogP) is 3.43. The van der Waals surface area contributed by atoms with Gasteiger partial charge < -0.3 is 20.9 Å². The molecule has 0 saturated carbocycles. The summed E-state index contributed by atoms with van der Waals surface area (Å²) in [6.45, 7) is 2.52. The Morgan fingerprint density at radius 1 is 1.00 bits per heavy atom. The van der Waals surface area contributed by atoms with Crippen LogP contribution in [0.5, 0.6) is 0 Å². The molecule has 3 rings (SSSR count). The van der Waals surface area contributed by atoms with Gasteiger partial charge in [0.1, 0.15) is 0 Å². The molecule has 1 aliphatic rings. The molecule has 2 aromatic carbocycles. The van der Waals surface area contributed by atoms with E-state index in [-0.39, 0.29) is 24.3 Å². The maximum Gasteiger partial charge on any atom is 0.323 e. The quantitative estimate of drug-likeness (QED) is 0.734. The first-order valence-corrected chi connectivity index (χ1v) is 8.82. The molecule has 1 saturated heterocycles. The topological polar surface area (TPSA) is 73.5 Å². The van der Waals surface area contributed by atoms with Gasteiger partial charge in [0, 0.05) is 30.0 Å². The van der Waals surface area contributed by atoms with E-state index in [1.165, 1.54) is 0 Å². The maximum atomic E-state index is 12.6. The minimum atomic E-state index is -0.315. The van der Waals surface area contributed by atoms with E-state index >= 15 is 0 Å². The number of para-hydroxylation sites is 1. The number of nitrogens with zero attached hydrogens (tertiary/aromatic N) is 1. The zero-order valence-corrected chi connectivity index (χ0v) is 16.1. The minimum Gasteiger partial charge on any atom is -0.338 e. The number of anilines is 2. The molecule has 3 amide bonds. The third-order valence-corrected chi connectivity index (χ3v) is 4.49. The van der Waals surface area contributed by atoms with Crippen LogP contribution < -0.4 is 16.0 Å². The molecular weight excluding hydrogens is 364 g/mol. The number of benzene rings is 2. The summed E-state index contributed by atoms with van der Waals surface area (Å²) in [5.74, 6) is 0.565. The Bertz CT molecular complexity index is 752. The van der Waals surface area contributed by atoms with Crippen LogP contribution in [0.15, 0.2) is 54.6 Å². The Kier molecular flexibility index (Phi) is 7.64. The molecule has 0 radical (unpaired) electrons. The van der Waals surface area contributed by atoms with Crippen molar-refractivity contribution in [2.75, 3.05) is 37.3 Å². The van der Waals surface area contributed by atoms with Crippen molar-refractivity contribution in [3.8, 4) is 0 Å². The second kappa shape index (κ2) is 9.94. The maximum absolute atomic E-state index is 12.6. The van der Waals surface area contributed by atoms with Gasteiger partial charge in [-0.1, -0.05) is 18.2 Å². The van der Waals surface area contributed by atoms with Crippen LogP contribution in [0, 0.1) is 5.92 Å². The fraction of sp³-hybridized carbons (Fsp3) is 0.300. The number of hydrogen-bond donors (Lipinski definition) is 3. The minimum absolute atomic E-state index is 0. The summed E-state index contributed by atoms with van der Waals surface area (Å²) in [4.78, 5) is 26.5. The molecule has 7 heteroatoms. The zero-order chi connectivity index (χ0) is 18.4. The molecule has 0 aliphatic carbocycles. The van der Waals surface area contributed by atoms with Crippen molar-refractivity contribution in [1.29, 1.82) is 0 Å². The summed E-state index contributed by atoms with van der Waals surface area (Å²) in [5.41, 5.74) is 2.01. The number of carbonyl (C=O) groups excluding carboxylic acids is 2. The lowest BCUT2D eigenvalue weighted by Gasteiger charge is -2.17. The third kappa shape index (κ3) is 5.70. The Morgan fingerprint density at radius 2 is 1.63 bits per heavy atom. The smallest absolute Gasteiger partial charge is 0.323 e. The molecule has 0 spiro atoms. The lowest BCUT2D eigenvalue weighted by molar-refractivity contribution is 0.0787. The van der Waals surface area contributed by atoms with Gasteiger partial charge in [-0.05, 0) is 62.3 Å². The predicted molar refractivity (Wildman–Crippen MR) is 111 cm³/mol. The van der Waals surface area contributed by atoms with Crippen LogP contribution >= 0.6 is 12.4 Å². The highest BCUT2D eigenvalue weighted by molar-refractivity contribution is 6.00. The lowest BCUT2D eigenvalue weighted by Crippen LogP contribution is -2.30. The standard InChI is InChI=1S/C20H24N4O2.ClH/c1-21-13-15-11-12-24(14-15)19(25)16-7-9-18(10-8-16)23-20(26)22-17-5-3-2-4-6-17;/h2-10,15,21H,11-14H2,1H3,(H2,22,23,26);1H. The average molecular weight is 389 g/mol. The van der Waals surface area contributed by atoms with Gasteiger partial charge in [0.15, 0.2) is 0 Å². The van der Waals surface area contributed by atoms with Crippen LogP contribution in [0.4, 0.5) is 16.2 Å². The molecule has 1 aliphatic heterocycles. The van der Waals surface area contributed by atoms with Crippen molar-refractivity contribution in [2.45, 2.75) is 6.42 Å². The normalized spacial score (nSPS) is 15.7. The van der Waals surface area contributed by atoms with Crippen molar-refractivity contribution >= 4 is 35.7 Å². The first-order valence-electron chi connectivity index (χ1n) is 8.82. The highest BCUT2D eigenvalue weighted by Crippen LogP contribution is 2.19. The Balaban J connectivity index is 0.00000261. The van der Waals surface area contributed by atoms with Gasteiger partial charge in [-0.15, -0.1) is 12.4 Å². The van der Waals surface area contributed by atoms with E-state index in [0.717, 1.165) is 31.7 Å². The number of halogens is 1. The van der Waals surface area contributed by atoms with E-state index in [1.54, 1.807) is 24.3 Å². The Morgan fingerprint density at radius 3 is 2.26 bits per heavy atom. The van der Waals surface area contributed by atoms with Crippen molar-refractivity contribution in [1.82, 2.24) is 10.2 Å². The molecule has 144 valence electrons. The Hall–Kier alpha value is -2.57. The van der Waals surface area contributed by atoms with Gasteiger partial charge in [0.2, 0.25) is 0 Å². The fourth-order valence-corrected chi connectivity index (χ4v) is 3.17. The highest BCUT2D eigenvalue weighted by Gasteiger charge is 2.26. The van der Waals surface area contributed by atoms with Gasteiger partial charge in [0.25, 0.3) is 5.91 Å². The summed E-state index contributed by atoms with van der Waals surface area (Å²) in [6, 6.07) is 15.9. The van der Waals surface area contributed by atoms with Gasteiger partial charge in [-0.25, -0.2) is 4.79 Å². The molecule has 1 atom stereocenters. The van der Waals surface area contributed by atoms with Crippen LogP contribution in [0.2, 0.25) is 0 Å². The molecule has 2 aromatic rings. The van der Waals surface area contributed by atoms with E-state index in [9.17, 15) is 9.59 Å². The molecule has 0 bridgehead atoms. The zero-order valence-electron chi connectivity index (χ0n) is 15.3. The first kappa shape index (κ1) is 20.7. The second-order valence-electron chi connectivity index (χ2n) is 6.49. The average Bonchev–Trinajstić information content (AvgIpc) is 3.11. The van der Waals surface area contributed by atoms with Crippen LogP contribution in [-0.4, -0.2) is 43.5 Å². The monoisotopic (exact) mass is 388 g/mol. The third-order valence-electron chi connectivity index (χ3n) is 4.49. The van der Waals surface area contributed by atoms with Gasteiger partial charge in [-0.3, -0.25) is 4.79 Å². The summed E-state index contributed by atoms with van der Waals surface area (Å²) in [7, 11) is 1.93. The van der Waals surface area contributed by atoms with Gasteiger partial charge in [-0.2, -0.15) is 0 Å². The molecule has 27 heavy (non-hydrogen) atoms. The number of carbonyl (C=O) groups is 2. The SMILES string of the molecule is CNCC1CCN(C(=O)c2ccc(NC(=O)Nc3ccccc3)cc2)C1.Cl. The van der Waals surface area contributed by atoms with Crippen molar-refractivity contribution < 1.29 is 9.59 Å². The van der Waals surface area contributed by atoms with Crippen molar-refractivity contribution in [3.05, 3.63) is 60.2 Å². The first-order chi connectivity index (χ1) is 12.7. The fourth-order valence-electron chi connectivity index (χ4n) is 3.17. The molecule has 0 aromatic heterocycles. The second-order valence-corrected chi connectivity index (χ2v) is 6.49. The van der Waals surface area contributed by atoms with E-state index in [1.807, 2.05) is 42.3 Å². The molecular formula is C20H25ClN4O2. The number of amides is 3. The number of urea groups is 1. The van der Waals surface area contributed by atoms with Gasteiger partial charge >= 0.3 is 6.03 Å². The number of rotatable bonds is 5. The molecule has 6 nitrogen and oxygen atoms in total. The van der Waals surface area contributed by atoms with E-state index < -0.39 is 0 Å². The summed E-state index contributed by atoms with van der Waals surface area (Å²) < 4.78 is 0. The summed E-state index contributed by atoms with van der Waals surface area (Å²) in [6.07, 6.45) is 1.03. The Labute approximate surface area is 165 Å². The van der Waals surface area contributed by atoms with Crippen LogP contribution in [0.25, 0.3) is 0 Å². The van der Waals surface area contributed by atoms with Crippen molar-refractivity contribution in [2.24, 2.45) is 5.92 Å². The highest BCUT2D eigenvalue weighted by atomic mass is 35.5. The summed E-state index contributed by atoms with van der Waals surface area (Å²) in [5, 5.41) is 8.69. The number of hydrogen-bond acceptors (Lipinski definition) is 3. The number of likely N-dealkylation sites (tertiary alicyclic amines) is 1. The lowest BCUT2D eigenvalue weighted by atomic mass is 10.1. The molecule has 1 heterocycles. The summed E-state index contributed by atoms with van der Waals surface area (Å²) >= 11 is 0.